The minimum absolute atomic E-state index is 0.180. The number of alkyl halides is 3. The van der Waals surface area contributed by atoms with Crippen LogP contribution in [0.15, 0.2) is 18.2 Å². The molecule has 0 aliphatic heterocycles. The smallest absolute Gasteiger partial charge is 0.398 e. The Labute approximate surface area is 90.9 Å². The van der Waals surface area contributed by atoms with Crippen LogP contribution >= 0.6 is 12.6 Å². The molecule has 1 aromatic rings. The van der Waals surface area contributed by atoms with Crippen molar-refractivity contribution >= 4 is 18.3 Å². The molecule has 15 heavy (non-hydrogen) atoms. The molecular formula is C10H8F3NS. The van der Waals surface area contributed by atoms with E-state index >= 15 is 0 Å². The van der Waals surface area contributed by atoms with Crippen molar-refractivity contribution in [1.29, 1.82) is 0 Å². The molecule has 1 nitrogen and oxygen atoms in total. The highest BCUT2D eigenvalue weighted by Crippen LogP contribution is 2.30. The maximum absolute atomic E-state index is 12.3. The number of thiol groups is 1. The SMILES string of the molecule is Nc1ccc(C(F)(F)F)cc1C#CCS. The highest BCUT2D eigenvalue weighted by molar-refractivity contribution is 7.80. The molecule has 5 heteroatoms. The molecule has 0 amide bonds. The van der Waals surface area contributed by atoms with Gasteiger partial charge in [0.2, 0.25) is 0 Å². The Morgan fingerprint density at radius 2 is 2.00 bits per heavy atom. The van der Waals surface area contributed by atoms with Crippen molar-refractivity contribution in [3.05, 3.63) is 29.3 Å². The number of hydrogen-bond acceptors (Lipinski definition) is 2. The average molecular weight is 231 g/mol. The first-order valence-corrected chi connectivity index (χ1v) is 4.65. The second kappa shape index (κ2) is 4.49. The molecule has 0 radical (unpaired) electrons. The fourth-order valence-corrected chi connectivity index (χ4v) is 1.05. The van der Waals surface area contributed by atoms with E-state index in [1.807, 2.05) is 0 Å². The highest BCUT2D eigenvalue weighted by Gasteiger charge is 2.30. The maximum Gasteiger partial charge on any atom is 0.416 e. The maximum atomic E-state index is 12.3. The fourth-order valence-electron chi connectivity index (χ4n) is 0.976. The monoisotopic (exact) mass is 231 g/mol. The minimum atomic E-state index is -4.37. The van der Waals surface area contributed by atoms with Crippen molar-refractivity contribution in [3.63, 3.8) is 0 Å². The molecule has 1 rings (SSSR count). The highest BCUT2D eigenvalue weighted by atomic mass is 32.1. The molecule has 1 aromatic carbocycles. The molecule has 0 saturated heterocycles. The molecule has 0 aliphatic rings. The Morgan fingerprint density at radius 1 is 1.33 bits per heavy atom. The van der Waals surface area contributed by atoms with Crippen molar-refractivity contribution in [3.8, 4) is 11.8 Å². The number of hydrogen-bond donors (Lipinski definition) is 2. The van der Waals surface area contributed by atoms with Crippen LogP contribution in [0.25, 0.3) is 0 Å². The molecule has 0 bridgehead atoms. The third kappa shape index (κ3) is 3.10. The third-order valence-electron chi connectivity index (χ3n) is 1.68. The molecule has 2 N–H and O–H groups in total. The molecule has 0 heterocycles. The topological polar surface area (TPSA) is 26.0 Å². The Bertz CT molecular complexity index is 415. The van der Waals surface area contributed by atoms with Gasteiger partial charge in [-0.25, -0.2) is 0 Å². The molecule has 0 spiro atoms. The van der Waals surface area contributed by atoms with Crippen LogP contribution in [0, 0.1) is 11.8 Å². The molecule has 0 unspecified atom stereocenters. The van der Waals surface area contributed by atoms with E-state index in [0.717, 1.165) is 12.1 Å². The molecule has 0 aliphatic carbocycles. The first kappa shape index (κ1) is 11.8. The zero-order chi connectivity index (χ0) is 11.5. The summed E-state index contributed by atoms with van der Waals surface area (Å²) in [6.07, 6.45) is -4.37. The predicted octanol–water partition coefficient (Wildman–Crippen LogP) is 2.57. The number of rotatable bonds is 0. The largest absolute Gasteiger partial charge is 0.416 e. The van der Waals surface area contributed by atoms with Crippen LogP contribution in [0.2, 0.25) is 0 Å². The van der Waals surface area contributed by atoms with Gasteiger partial charge in [-0.15, -0.1) is 0 Å². The number of anilines is 1. The molecule has 0 fully saturated rings. The number of nitrogen functional groups attached to an aromatic ring is 1. The van der Waals surface area contributed by atoms with Crippen molar-refractivity contribution in [1.82, 2.24) is 0 Å². The summed E-state index contributed by atoms with van der Waals surface area (Å²) >= 11 is 3.83. The van der Waals surface area contributed by atoms with E-state index in [1.54, 1.807) is 0 Å². The zero-order valence-corrected chi connectivity index (χ0v) is 8.49. The first-order chi connectivity index (χ1) is 6.95. The first-order valence-electron chi connectivity index (χ1n) is 4.01. The van der Waals surface area contributed by atoms with E-state index in [9.17, 15) is 13.2 Å². The van der Waals surface area contributed by atoms with E-state index in [1.165, 1.54) is 6.07 Å². The number of nitrogens with two attached hydrogens (primary N) is 1. The summed E-state index contributed by atoms with van der Waals surface area (Å²) in [4.78, 5) is 0. The lowest BCUT2D eigenvalue weighted by molar-refractivity contribution is -0.137. The van der Waals surface area contributed by atoms with Crippen molar-refractivity contribution in [2.75, 3.05) is 11.5 Å². The third-order valence-corrected chi connectivity index (χ3v) is 1.84. The summed E-state index contributed by atoms with van der Waals surface area (Å²) in [7, 11) is 0. The summed E-state index contributed by atoms with van der Waals surface area (Å²) < 4.78 is 37.0. The Morgan fingerprint density at radius 3 is 2.53 bits per heavy atom. The van der Waals surface area contributed by atoms with E-state index < -0.39 is 11.7 Å². The number of benzene rings is 1. The summed E-state index contributed by atoms with van der Waals surface area (Å²) in [5.41, 5.74) is 5.14. The van der Waals surface area contributed by atoms with Gasteiger partial charge >= 0.3 is 6.18 Å². The predicted molar refractivity (Wildman–Crippen MR) is 56.6 cm³/mol. The number of halogens is 3. The van der Waals surface area contributed by atoms with Gasteiger partial charge in [0.1, 0.15) is 0 Å². The van der Waals surface area contributed by atoms with Crippen molar-refractivity contribution in [2.24, 2.45) is 0 Å². The summed E-state index contributed by atoms with van der Waals surface area (Å²) in [5, 5.41) is 0. The van der Waals surface area contributed by atoms with Gasteiger partial charge in [-0.1, -0.05) is 11.8 Å². The molecule has 0 atom stereocenters. The lowest BCUT2D eigenvalue weighted by Crippen LogP contribution is -2.05. The van der Waals surface area contributed by atoms with Gasteiger partial charge in [0.15, 0.2) is 0 Å². The van der Waals surface area contributed by atoms with Crippen LogP contribution in [0.4, 0.5) is 18.9 Å². The van der Waals surface area contributed by atoms with Gasteiger partial charge in [-0.2, -0.15) is 25.8 Å². The fraction of sp³-hybridized carbons (Fsp3) is 0.200. The second-order valence-electron chi connectivity index (χ2n) is 2.76. The van der Waals surface area contributed by atoms with Crippen LogP contribution in [0.3, 0.4) is 0 Å². The van der Waals surface area contributed by atoms with E-state index in [4.69, 9.17) is 5.73 Å². The van der Waals surface area contributed by atoms with Gasteiger partial charge in [-0.3, -0.25) is 0 Å². The van der Waals surface area contributed by atoms with Crippen molar-refractivity contribution in [2.45, 2.75) is 6.18 Å². The van der Waals surface area contributed by atoms with Crippen LogP contribution in [-0.4, -0.2) is 5.75 Å². The second-order valence-corrected chi connectivity index (χ2v) is 3.08. The van der Waals surface area contributed by atoms with Gasteiger partial charge in [0.05, 0.1) is 11.3 Å². The van der Waals surface area contributed by atoms with Crippen LogP contribution in [0.1, 0.15) is 11.1 Å². The summed E-state index contributed by atoms with van der Waals surface area (Å²) in [6, 6.07) is 3.07. The van der Waals surface area contributed by atoms with Gasteiger partial charge in [0.25, 0.3) is 0 Å². The lowest BCUT2D eigenvalue weighted by Gasteiger charge is -2.07. The Hall–Kier alpha value is -1.28. The van der Waals surface area contributed by atoms with Gasteiger partial charge in [-0.05, 0) is 18.2 Å². The Balaban J connectivity index is 3.17. The minimum Gasteiger partial charge on any atom is -0.398 e. The summed E-state index contributed by atoms with van der Waals surface area (Å²) in [5.74, 6) is 5.35. The quantitative estimate of drug-likeness (QED) is 0.400. The molecular weight excluding hydrogens is 223 g/mol. The van der Waals surface area contributed by atoms with E-state index in [0.29, 0.717) is 0 Å². The molecule has 0 saturated carbocycles. The van der Waals surface area contributed by atoms with E-state index in [2.05, 4.69) is 24.5 Å². The Kier molecular flexibility index (Phi) is 3.53. The average Bonchev–Trinajstić information content (AvgIpc) is 2.15. The molecule has 0 aromatic heterocycles. The van der Waals surface area contributed by atoms with Crippen LogP contribution in [0.5, 0.6) is 0 Å². The lowest BCUT2D eigenvalue weighted by atomic mass is 10.1. The molecule has 80 valence electrons. The van der Waals surface area contributed by atoms with Gasteiger partial charge in [0, 0.05) is 11.3 Å². The van der Waals surface area contributed by atoms with Crippen molar-refractivity contribution < 1.29 is 13.2 Å². The van der Waals surface area contributed by atoms with Gasteiger partial charge < -0.3 is 5.73 Å². The van der Waals surface area contributed by atoms with Crippen LogP contribution in [-0.2, 0) is 6.18 Å². The zero-order valence-electron chi connectivity index (χ0n) is 7.60. The standard InChI is InChI=1S/C10H8F3NS/c11-10(12,13)8-3-4-9(14)7(6-8)2-1-5-15/h3-4,6,15H,5,14H2. The van der Waals surface area contributed by atoms with E-state index in [-0.39, 0.29) is 17.0 Å². The normalized spacial score (nSPS) is 10.7. The summed E-state index contributed by atoms with van der Waals surface area (Å²) in [6.45, 7) is 0. The van der Waals surface area contributed by atoms with Crippen LogP contribution < -0.4 is 5.73 Å².